The van der Waals surface area contributed by atoms with E-state index in [1.165, 1.54) is 0 Å². The zero-order chi connectivity index (χ0) is 11.6. The van der Waals surface area contributed by atoms with Crippen LogP contribution in [0.4, 0.5) is 17.6 Å². The van der Waals surface area contributed by atoms with Crippen LogP contribution in [0.3, 0.4) is 0 Å². The fourth-order valence-corrected chi connectivity index (χ4v) is 0.931. The summed E-state index contributed by atoms with van der Waals surface area (Å²) in [5.74, 6) is -9.15. The van der Waals surface area contributed by atoms with E-state index < -0.39 is 35.0 Å². The zero-order valence-electron chi connectivity index (χ0n) is 6.99. The molecule has 82 valence electrons. The van der Waals surface area contributed by atoms with Crippen molar-refractivity contribution in [3.8, 4) is 5.75 Å². The first kappa shape index (κ1) is 12.2. The number of rotatable bonds is 2. The van der Waals surface area contributed by atoms with Gasteiger partial charge in [0.25, 0.3) is 0 Å². The number of hydrogen-bond acceptors (Lipinski definition) is 2. The molecule has 0 heterocycles. The quantitative estimate of drug-likeness (QED) is 0.158. The minimum Gasteiger partial charge on any atom is -0.423 e. The second kappa shape index (κ2) is 4.77. The Morgan fingerprint density at radius 2 is 1.80 bits per heavy atom. The molecule has 0 fully saturated rings. The van der Waals surface area contributed by atoms with Crippen LogP contribution in [0.15, 0.2) is 6.07 Å². The van der Waals surface area contributed by atoms with Crippen LogP contribution in [-0.2, 0) is 4.79 Å². The Hall–Kier alpha value is -0.860. The van der Waals surface area contributed by atoms with Gasteiger partial charge in [0.05, 0.1) is 4.43 Å². The number of esters is 1. The second-order valence-corrected chi connectivity index (χ2v) is 3.17. The molecule has 0 amide bonds. The summed E-state index contributed by atoms with van der Waals surface area (Å²) < 4.78 is 54.7. The topological polar surface area (TPSA) is 26.3 Å². The molecule has 1 aromatic carbocycles. The summed E-state index contributed by atoms with van der Waals surface area (Å²) in [6.07, 6.45) is 0. The highest BCUT2D eigenvalue weighted by molar-refractivity contribution is 14.1. The first-order valence-electron chi connectivity index (χ1n) is 3.57. The van der Waals surface area contributed by atoms with E-state index in [2.05, 4.69) is 4.74 Å². The number of alkyl halides is 1. The van der Waals surface area contributed by atoms with Gasteiger partial charge in [-0.1, -0.05) is 22.6 Å². The van der Waals surface area contributed by atoms with Crippen molar-refractivity contribution in [1.82, 2.24) is 0 Å². The third kappa shape index (κ3) is 2.58. The summed E-state index contributed by atoms with van der Waals surface area (Å²) in [6, 6.07) is 0.276. The van der Waals surface area contributed by atoms with Crippen molar-refractivity contribution in [2.45, 2.75) is 0 Å². The lowest BCUT2D eigenvalue weighted by atomic mass is 10.3. The minimum atomic E-state index is -2.01. The van der Waals surface area contributed by atoms with E-state index in [4.69, 9.17) is 0 Å². The molecule has 0 aliphatic heterocycles. The van der Waals surface area contributed by atoms with Gasteiger partial charge in [-0.05, 0) is 0 Å². The second-order valence-electron chi connectivity index (χ2n) is 2.41. The fourth-order valence-electron chi connectivity index (χ4n) is 0.775. The van der Waals surface area contributed by atoms with E-state index in [0.717, 1.165) is 0 Å². The predicted molar refractivity (Wildman–Crippen MR) is 50.8 cm³/mol. The van der Waals surface area contributed by atoms with Crippen molar-refractivity contribution >= 4 is 28.6 Å². The fraction of sp³-hybridized carbons (Fsp3) is 0.125. The number of carbonyl (C=O) groups is 1. The molecule has 0 aliphatic carbocycles. The van der Waals surface area contributed by atoms with E-state index in [1.807, 2.05) is 0 Å². The Bertz CT molecular complexity index is 408. The highest BCUT2D eigenvalue weighted by Gasteiger charge is 2.21. The maximum atomic E-state index is 12.9. The Balaban J connectivity index is 3.15. The molecule has 0 unspecified atom stereocenters. The molecular weight excluding hydrogens is 331 g/mol. The molecule has 2 nitrogen and oxygen atoms in total. The summed E-state index contributed by atoms with van der Waals surface area (Å²) in [4.78, 5) is 10.7. The van der Waals surface area contributed by atoms with E-state index in [1.54, 1.807) is 22.6 Å². The predicted octanol–water partition coefficient (Wildman–Crippen LogP) is 2.58. The lowest BCUT2D eigenvalue weighted by molar-refractivity contribution is -0.131. The van der Waals surface area contributed by atoms with Gasteiger partial charge in [0.15, 0.2) is 17.4 Å². The Kier molecular flexibility index (Phi) is 3.89. The van der Waals surface area contributed by atoms with Crippen molar-refractivity contribution in [3.05, 3.63) is 29.3 Å². The molecule has 0 aliphatic rings. The third-order valence-corrected chi connectivity index (χ3v) is 2.02. The van der Waals surface area contributed by atoms with E-state index in [0.29, 0.717) is 0 Å². The highest BCUT2D eigenvalue weighted by atomic mass is 127. The molecule has 7 heteroatoms. The molecule has 1 aromatic rings. The smallest absolute Gasteiger partial charge is 0.321 e. The Morgan fingerprint density at radius 3 is 2.33 bits per heavy atom. The Labute approximate surface area is 95.4 Å². The van der Waals surface area contributed by atoms with Crippen molar-refractivity contribution in [3.63, 3.8) is 0 Å². The van der Waals surface area contributed by atoms with Crippen LogP contribution >= 0.6 is 22.6 Å². The first-order valence-corrected chi connectivity index (χ1v) is 5.09. The number of hydrogen-bond donors (Lipinski definition) is 0. The van der Waals surface area contributed by atoms with Gasteiger partial charge in [-0.3, -0.25) is 4.79 Å². The van der Waals surface area contributed by atoms with Crippen LogP contribution in [0.1, 0.15) is 0 Å². The van der Waals surface area contributed by atoms with Crippen molar-refractivity contribution in [1.29, 1.82) is 0 Å². The summed E-state index contributed by atoms with van der Waals surface area (Å²) in [7, 11) is 0. The van der Waals surface area contributed by atoms with E-state index >= 15 is 0 Å². The maximum Gasteiger partial charge on any atom is 0.321 e. The lowest BCUT2D eigenvalue weighted by Gasteiger charge is -2.05. The van der Waals surface area contributed by atoms with Gasteiger partial charge >= 0.3 is 5.97 Å². The average molecular weight is 334 g/mol. The van der Waals surface area contributed by atoms with Crippen molar-refractivity contribution in [2.75, 3.05) is 4.43 Å². The van der Waals surface area contributed by atoms with Crippen LogP contribution in [0.2, 0.25) is 0 Å². The van der Waals surface area contributed by atoms with Crippen LogP contribution < -0.4 is 4.74 Å². The highest BCUT2D eigenvalue weighted by Crippen LogP contribution is 2.24. The zero-order valence-corrected chi connectivity index (χ0v) is 9.15. The van der Waals surface area contributed by atoms with Gasteiger partial charge in [-0.25, -0.2) is 13.2 Å². The molecule has 0 bridgehead atoms. The van der Waals surface area contributed by atoms with E-state index in [9.17, 15) is 22.4 Å². The number of benzene rings is 1. The SMILES string of the molecule is O=C(CI)Oc1cc(F)c(F)c(F)c1F. The van der Waals surface area contributed by atoms with E-state index in [-0.39, 0.29) is 10.5 Å². The van der Waals surface area contributed by atoms with Gasteiger partial charge in [0.2, 0.25) is 11.6 Å². The van der Waals surface area contributed by atoms with Gasteiger partial charge in [0, 0.05) is 6.07 Å². The standard InChI is InChI=1S/C8H3F4IO2/c9-3-1-4(15-5(14)2-13)7(11)8(12)6(3)10/h1H,2H2. The molecule has 15 heavy (non-hydrogen) atoms. The average Bonchev–Trinajstić information content (AvgIpc) is 2.22. The molecular formula is C8H3F4IO2. The molecule has 1 rings (SSSR count). The molecule has 0 aromatic heterocycles. The van der Waals surface area contributed by atoms with Crippen molar-refractivity contribution in [2.24, 2.45) is 0 Å². The number of ether oxygens (including phenoxy) is 1. The molecule has 0 saturated heterocycles. The minimum absolute atomic E-state index is 0.127. The van der Waals surface area contributed by atoms with Crippen LogP contribution in [-0.4, -0.2) is 10.4 Å². The normalized spacial score (nSPS) is 10.2. The number of halogens is 5. The maximum absolute atomic E-state index is 12.9. The van der Waals surface area contributed by atoms with Crippen molar-refractivity contribution < 1.29 is 27.1 Å². The summed E-state index contributed by atoms with van der Waals surface area (Å²) in [5.41, 5.74) is 0. The first-order chi connectivity index (χ1) is 6.97. The van der Waals surface area contributed by atoms with Crippen LogP contribution in [0.25, 0.3) is 0 Å². The summed E-state index contributed by atoms with van der Waals surface area (Å²) >= 11 is 1.62. The monoisotopic (exact) mass is 334 g/mol. The number of carbonyl (C=O) groups excluding carboxylic acids is 1. The molecule has 0 radical (unpaired) electrons. The van der Waals surface area contributed by atoms with Gasteiger partial charge in [-0.15, -0.1) is 0 Å². The third-order valence-electron chi connectivity index (χ3n) is 1.40. The molecule has 0 N–H and O–H groups in total. The van der Waals surface area contributed by atoms with Crippen LogP contribution in [0, 0.1) is 23.3 Å². The van der Waals surface area contributed by atoms with Gasteiger partial charge < -0.3 is 4.74 Å². The van der Waals surface area contributed by atoms with Crippen LogP contribution in [0.5, 0.6) is 5.75 Å². The molecule has 0 spiro atoms. The summed E-state index contributed by atoms with van der Waals surface area (Å²) in [5, 5.41) is 0. The largest absolute Gasteiger partial charge is 0.423 e. The lowest BCUT2D eigenvalue weighted by Crippen LogP contribution is -2.11. The summed E-state index contributed by atoms with van der Waals surface area (Å²) in [6.45, 7) is 0. The molecule has 0 atom stereocenters. The van der Waals surface area contributed by atoms with Gasteiger partial charge in [-0.2, -0.15) is 4.39 Å². The molecule has 0 saturated carbocycles. The Morgan fingerprint density at radius 1 is 1.20 bits per heavy atom. The van der Waals surface area contributed by atoms with Gasteiger partial charge in [0.1, 0.15) is 0 Å².